The number of imide groups is 2. The van der Waals surface area contributed by atoms with Crippen LogP contribution >= 0.6 is 0 Å². The Hall–Kier alpha value is -16.2. The van der Waals surface area contributed by atoms with Crippen molar-refractivity contribution in [3.8, 4) is 34.5 Å². The molecule has 0 bridgehead atoms. The fraction of sp³-hybridized carbons (Fsp3) is 0.222. The molecule has 12 aromatic rings. The number of nitrogens with two attached hydrogens (primary N) is 2. The molecule has 12 aromatic carbocycles. The Labute approximate surface area is 796 Å². The molecule has 0 saturated carbocycles. The molecular formula is C108H91F9N4O19. The molecule has 0 spiro atoms. The van der Waals surface area contributed by atoms with Crippen LogP contribution in [0.15, 0.2) is 188 Å². The highest BCUT2D eigenvalue weighted by Crippen LogP contribution is 2.48. The fourth-order valence-electron chi connectivity index (χ4n) is 17.2. The Morgan fingerprint density at radius 1 is 0.350 bits per heavy atom. The van der Waals surface area contributed by atoms with Crippen molar-refractivity contribution in [2.24, 2.45) is 0 Å². The first kappa shape index (κ1) is 103. The second kappa shape index (κ2) is 40.6. The second-order valence-electron chi connectivity index (χ2n) is 34.4. The van der Waals surface area contributed by atoms with E-state index in [0.717, 1.165) is 43.2 Å². The lowest BCUT2D eigenvalue weighted by atomic mass is 9.84. The number of aryl methyl sites for hydroxylation is 12. The van der Waals surface area contributed by atoms with Crippen molar-refractivity contribution in [3.63, 3.8) is 0 Å². The Kier molecular flexibility index (Phi) is 29.8. The summed E-state index contributed by atoms with van der Waals surface area (Å²) in [6.45, 7) is 26.1. The number of ether oxygens (including phenoxy) is 5. The zero-order valence-corrected chi connectivity index (χ0v) is 78.3. The minimum Gasteiger partial charge on any atom is -0.478 e. The van der Waals surface area contributed by atoms with Crippen molar-refractivity contribution in [3.05, 3.63) is 366 Å². The lowest BCUT2D eigenvalue weighted by molar-refractivity contribution is -0.192. The molecule has 4 heterocycles. The van der Waals surface area contributed by atoms with Gasteiger partial charge < -0.3 is 40.3 Å². The molecule has 0 aliphatic carbocycles. The molecule has 5 N–H and O–H groups in total. The van der Waals surface area contributed by atoms with Crippen LogP contribution in [-0.4, -0.2) is 107 Å². The molecule has 0 aromatic heterocycles. The van der Waals surface area contributed by atoms with Crippen LogP contribution in [0.2, 0.25) is 0 Å². The van der Waals surface area contributed by atoms with Gasteiger partial charge in [-0.25, -0.2) is 28.9 Å². The van der Waals surface area contributed by atoms with Gasteiger partial charge in [-0.1, -0.05) is 79.7 Å². The third-order valence-corrected chi connectivity index (χ3v) is 24.8. The number of nitrogen functional groups attached to an aromatic ring is 2. The van der Waals surface area contributed by atoms with Gasteiger partial charge in [0.15, 0.2) is 11.6 Å². The number of alkyl halides is 9. The molecule has 720 valence electrons. The summed E-state index contributed by atoms with van der Waals surface area (Å²) in [6.07, 6.45) is -13.1. The molecule has 2 unspecified atom stereocenters. The number of hydrogen-bond acceptors (Lipinski definition) is 20. The highest BCUT2D eigenvalue weighted by atomic mass is 19.4. The topological polar surface area (TPSA) is 347 Å². The van der Waals surface area contributed by atoms with E-state index in [2.05, 4.69) is 9.47 Å². The van der Waals surface area contributed by atoms with Crippen LogP contribution in [0.3, 0.4) is 0 Å². The summed E-state index contributed by atoms with van der Waals surface area (Å²) in [7, 11) is 1.39. The zero-order chi connectivity index (χ0) is 103. The first-order valence-electron chi connectivity index (χ1n) is 43.3. The van der Waals surface area contributed by atoms with Gasteiger partial charge in [-0.3, -0.25) is 33.7 Å². The number of nitrogens with zero attached hydrogens (tertiary/aromatic N) is 2. The normalized spacial score (nSPS) is 13.4. The van der Waals surface area contributed by atoms with E-state index >= 15 is 0 Å². The molecule has 2 atom stereocenters. The number of rotatable bonds is 19. The molecule has 16 rings (SSSR count). The highest BCUT2D eigenvalue weighted by Gasteiger charge is 2.47. The number of hydrogen-bond donors (Lipinski definition) is 3. The van der Waals surface area contributed by atoms with E-state index in [4.69, 9.17) is 35.3 Å². The minimum absolute atomic E-state index is 0.00642. The predicted octanol–water partition coefficient (Wildman–Crippen LogP) is 23.5. The SMILES string of the molecule is CCC(=O)c1ccc(Oc2ccc(C(=O)Cc3c(C)cc(C(c4cc(C)c(C)c(C)c4)C(F)(F)F)cc3C)cc2)cc1C(=O)O.Cc1cc(C(c2cc(C)c(N)c(C)c2)C(F)(F)F)cc(C)c1N.Cc1cc(C(c2cc(C)c(N3C(=O)c4ccc(Oc5ccc6c(c5)C(=O)N(C)C6=O)cc4C3=O)c(C)c2)C(F)(F)F)cc(C)c1C.O=C1OC(=O)c2cc(Oc3ccc4c(c3)C(=O)OC4=O)ccc21.O=C=O. The molecule has 23 nitrogen and oxygen atoms in total. The number of carbonyl (C=O) groups excluding carboxylic acids is 12. The number of carboxylic acids is 1. The predicted molar refractivity (Wildman–Crippen MR) is 498 cm³/mol. The summed E-state index contributed by atoms with van der Waals surface area (Å²) in [5, 5.41) is 9.52. The number of aromatic carboxylic acids is 1. The van der Waals surface area contributed by atoms with E-state index in [9.17, 15) is 97.4 Å². The third kappa shape index (κ3) is 21.6. The smallest absolute Gasteiger partial charge is 0.399 e. The van der Waals surface area contributed by atoms with E-state index in [1.165, 1.54) is 147 Å². The van der Waals surface area contributed by atoms with Gasteiger partial charge in [-0.15, -0.1) is 0 Å². The van der Waals surface area contributed by atoms with Crippen LogP contribution in [0.25, 0.3) is 0 Å². The Morgan fingerprint density at radius 2 is 0.629 bits per heavy atom. The van der Waals surface area contributed by atoms with E-state index in [1.54, 1.807) is 125 Å². The van der Waals surface area contributed by atoms with E-state index < -0.39 is 89.8 Å². The number of Topliss-reactive ketones (excluding diaryl/α,β-unsaturated/α-hetero) is 2. The van der Waals surface area contributed by atoms with E-state index in [1.807, 2.05) is 27.7 Å². The van der Waals surface area contributed by atoms with Crippen LogP contribution in [0.4, 0.5) is 56.6 Å². The van der Waals surface area contributed by atoms with Crippen molar-refractivity contribution in [1.29, 1.82) is 0 Å². The Balaban J connectivity index is 0.000000173. The maximum Gasteiger partial charge on any atom is 0.399 e. The molecule has 0 saturated heterocycles. The van der Waals surface area contributed by atoms with Crippen LogP contribution in [-0.2, 0) is 25.5 Å². The van der Waals surface area contributed by atoms with E-state index in [0.29, 0.717) is 72.8 Å². The van der Waals surface area contributed by atoms with Gasteiger partial charge in [-0.2, -0.15) is 49.1 Å². The highest BCUT2D eigenvalue weighted by molar-refractivity contribution is 6.35. The molecule has 4 amide bonds. The van der Waals surface area contributed by atoms with Gasteiger partial charge in [0.25, 0.3) is 23.6 Å². The van der Waals surface area contributed by atoms with Gasteiger partial charge in [0.1, 0.15) is 52.3 Å². The number of fused-ring (bicyclic) bond motifs is 4. The summed E-state index contributed by atoms with van der Waals surface area (Å²) >= 11 is 0. The molecule has 0 fully saturated rings. The number of carbonyl (C=O) groups is 11. The van der Waals surface area contributed by atoms with Crippen LogP contribution < -0.4 is 30.6 Å². The van der Waals surface area contributed by atoms with Crippen LogP contribution in [0.5, 0.6) is 34.5 Å². The average molecular weight is 1920 g/mol. The number of ketones is 2. The lowest BCUT2D eigenvalue weighted by Crippen LogP contribution is -2.31. The molecule has 140 heavy (non-hydrogen) atoms. The molecule has 4 aliphatic rings. The van der Waals surface area contributed by atoms with Crippen molar-refractivity contribution in [2.45, 2.75) is 153 Å². The number of esters is 4. The van der Waals surface area contributed by atoms with Crippen LogP contribution in [0.1, 0.15) is 262 Å². The standard InChI is InChI=1S/C37H35F3O5.C36H29F3N2O5.C18H21F3N2.C16H6O7.CO2/c1-7-33(41)30-13-12-29(18-32(30)36(43)44)45-28-10-8-25(9-11-28)34(42)19-31-22(4)16-27(17-23(31)5)35(37(38,39)40)26-14-20(2)24(6)21(3)15-26;1-17-11-22(12-18(2)21(17)5)30(36(37,38)39)23-13-19(3)31(20(4)14-23)41-34(44)27-10-8-25(16-29(27)35(41)45)46-24-7-9-26-28(15-24)33(43)40(6)32(26)42;1-9-5-13(6-10(2)16(9)22)15(18(19,20)21)14-7-11(3)17(23)12(4)8-14;17-13-9-3-1-7(5-11(9)15(19)22-13)21-8-2-4-10-12(6-8)16(20)23-14(10)18;2-1-3/h8-18,35H,7,19H2,1-6H3,(H,43,44);7-16,30H,1-6H3;5-8,15H,22-23H2,1-4H3;1-6H;. The summed E-state index contributed by atoms with van der Waals surface area (Å²) in [5.74, 6) is -10.5. The largest absolute Gasteiger partial charge is 0.478 e. The third-order valence-electron chi connectivity index (χ3n) is 24.8. The summed E-state index contributed by atoms with van der Waals surface area (Å²) in [6, 6.07) is 46.1. The van der Waals surface area contributed by atoms with E-state index in [-0.39, 0.29) is 154 Å². The van der Waals surface area contributed by atoms with Crippen molar-refractivity contribution < 1.29 is 131 Å². The molecule has 4 aliphatic heterocycles. The number of carboxylic acid groups (broad SMARTS) is 1. The molecular weight excluding hydrogens is 1830 g/mol. The maximum atomic E-state index is 14.6. The van der Waals surface area contributed by atoms with Gasteiger partial charge in [0.2, 0.25) is 0 Å². The zero-order valence-electron chi connectivity index (χ0n) is 78.3. The molecule has 32 heteroatoms. The second-order valence-corrected chi connectivity index (χ2v) is 34.4. The quantitative estimate of drug-likeness (QED) is 0.0169. The minimum atomic E-state index is -4.59. The van der Waals surface area contributed by atoms with Crippen molar-refractivity contribution >= 4 is 88.3 Å². The van der Waals surface area contributed by atoms with Crippen LogP contribution in [0, 0.1) is 96.9 Å². The average Bonchev–Trinajstić information content (AvgIpc) is 1.58. The lowest BCUT2D eigenvalue weighted by Gasteiger charge is -2.26. The van der Waals surface area contributed by atoms with Crippen molar-refractivity contribution in [2.75, 3.05) is 23.4 Å². The number of halogens is 9. The van der Waals surface area contributed by atoms with Gasteiger partial charge in [0, 0.05) is 42.4 Å². The maximum absolute atomic E-state index is 14.6. The van der Waals surface area contributed by atoms with Gasteiger partial charge in [0.05, 0.1) is 55.8 Å². The monoisotopic (exact) mass is 1920 g/mol. The fourth-order valence-corrected chi connectivity index (χ4v) is 17.2. The first-order valence-corrected chi connectivity index (χ1v) is 43.3. The number of benzene rings is 12. The molecule has 0 radical (unpaired) electrons. The van der Waals surface area contributed by atoms with Gasteiger partial charge in [-0.05, 0) is 329 Å². The summed E-state index contributed by atoms with van der Waals surface area (Å²) < 4.78 is 154. The number of cyclic esters (lactones) is 4. The number of amides is 4. The summed E-state index contributed by atoms with van der Waals surface area (Å²) in [5.41, 5.74) is 25.6. The van der Waals surface area contributed by atoms with Crippen molar-refractivity contribution in [1.82, 2.24) is 4.90 Å². The first-order chi connectivity index (χ1) is 65.6. The number of anilines is 3. The Morgan fingerprint density at radius 3 is 0.986 bits per heavy atom. The van der Waals surface area contributed by atoms with Gasteiger partial charge >= 0.3 is 54.5 Å². The summed E-state index contributed by atoms with van der Waals surface area (Å²) in [4.78, 5) is 153. The Bertz CT molecular complexity index is 6960.